The van der Waals surface area contributed by atoms with E-state index >= 15 is 0 Å². The average Bonchev–Trinajstić information content (AvgIpc) is 2.11. The monoisotopic (exact) mass is 251 g/mol. The zero-order valence-corrected chi connectivity index (χ0v) is 8.47. The lowest BCUT2D eigenvalue weighted by molar-refractivity contribution is 0.327. The summed E-state index contributed by atoms with van der Waals surface area (Å²) in [5, 5.41) is 3.79. The summed E-state index contributed by atoms with van der Waals surface area (Å²) in [6.45, 7) is 6.30. The number of hydrogen-bond acceptors (Lipinski definition) is 2. The van der Waals surface area contributed by atoms with Crippen molar-refractivity contribution in [2.24, 2.45) is 0 Å². The summed E-state index contributed by atoms with van der Waals surface area (Å²) >= 11 is 2.14. The molecule has 1 aromatic heterocycles. The molecule has 0 radical (unpaired) electrons. The molecule has 56 valence electrons. The minimum Gasteiger partial charge on any atom is -0.360 e. The van der Waals surface area contributed by atoms with Crippen molar-refractivity contribution in [1.29, 1.82) is 0 Å². The van der Waals surface area contributed by atoms with Crippen LogP contribution in [0.2, 0.25) is 0 Å². The molecule has 1 rings (SSSR count). The quantitative estimate of drug-likeness (QED) is 0.662. The van der Waals surface area contributed by atoms with Crippen LogP contribution in [0.5, 0.6) is 0 Å². The molecule has 0 bridgehead atoms. The molecular formula is C7H10INO. The molecule has 0 N–H and O–H groups in total. The molecule has 1 heterocycles. The molecule has 0 unspecified atom stereocenters. The van der Waals surface area contributed by atoms with E-state index in [0.29, 0.717) is 0 Å². The summed E-state index contributed by atoms with van der Waals surface area (Å²) in [6, 6.07) is 1.96. The fourth-order valence-corrected chi connectivity index (χ4v) is 0.988. The number of halogens is 1. The van der Waals surface area contributed by atoms with Gasteiger partial charge in [-0.2, -0.15) is 0 Å². The molecule has 2 nitrogen and oxygen atoms in total. The van der Waals surface area contributed by atoms with Crippen LogP contribution < -0.4 is 0 Å². The first-order valence-corrected chi connectivity index (χ1v) is 4.21. The van der Waals surface area contributed by atoms with Gasteiger partial charge in [-0.3, -0.25) is 0 Å². The van der Waals surface area contributed by atoms with Crippen LogP contribution in [-0.2, 0) is 5.41 Å². The maximum absolute atomic E-state index is 5.07. The van der Waals surface area contributed by atoms with Crippen molar-refractivity contribution in [3.8, 4) is 0 Å². The zero-order chi connectivity index (χ0) is 7.78. The van der Waals surface area contributed by atoms with E-state index in [4.69, 9.17) is 4.52 Å². The molecule has 0 spiro atoms. The number of hydrogen-bond donors (Lipinski definition) is 0. The molecule has 0 saturated heterocycles. The molecule has 0 aliphatic carbocycles. The average molecular weight is 251 g/mol. The van der Waals surface area contributed by atoms with Crippen LogP contribution in [0.4, 0.5) is 0 Å². The predicted molar refractivity (Wildman–Crippen MR) is 47.9 cm³/mol. The Morgan fingerprint density at radius 2 is 2.10 bits per heavy atom. The summed E-state index contributed by atoms with van der Waals surface area (Å²) in [5.74, 6) is 0.942. The predicted octanol–water partition coefficient (Wildman–Crippen LogP) is 2.58. The van der Waals surface area contributed by atoms with Gasteiger partial charge < -0.3 is 4.52 Å². The molecule has 0 fully saturated rings. The third-order valence-electron chi connectivity index (χ3n) is 1.22. The summed E-state index contributed by atoms with van der Waals surface area (Å²) in [4.78, 5) is 0. The highest BCUT2D eigenvalue weighted by atomic mass is 127. The fourth-order valence-electron chi connectivity index (χ4n) is 0.607. The van der Waals surface area contributed by atoms with E-state index in [1.54, 1.807) is 0 Å². The van der Waals surface area contributed by atoms with E-state index in [1.165, 1.54) is 0 Å². The highest BCUT2D eigenvalue weighted by Gasteiger charge is 2.18. The van der Waals surface area contributed by atoms with Crippen LogP contribution in [0.25, 0.3) is 0 Å². The molecule has 0 aliphatic rings. The van der Waals surface area contributed by atoms with Gasteiger partial charge in [0.1, 0.15) is 9.46 Å². The Labute approximate surface area is 74.1 Å². The van der Waals surface area contributed by atoms with Gasteiger partial charge in [0.05, 0.1) is 0 Å². The van der Waals surface area contributed by atoms with Crippen molar-refractivity contribution < 1.29 is 4.52 Å². The topological polar surface area (TPSA) is 26.0 Å². The van der Waals surface area contributed by atoms with Gasteiger partial charge in [-0.1, -0.05) is 25.9 Å². The van der Waals surface area contributed by atoms with Crippen LogP contribution in [0.15, 0.2) is 10.6 Å². The Bertz CT molecular complexity index is 224. The summed E-state index contributed by atoms with van der Waals surface area (Å²) in [5.41, 5.74) is 0.0798. The first-order chi connectivity index (χ1) is 4.50. The Balaban J connectivity index is 2.96. The molecule has 3 heteroatoms. The van der Waals surface area contributed by atoms with Crippen molar-refractivity contribution in [1.82, 2.24) is 5.16 Å². The zero-order valence-electron chi connectivity index (χ0n) is 6.31. The second-order valence-corrected chi connectivity index (χ2v) is 4.37. The second kappa shape index (κ2) is 2.53. The van der Waals surface area contributed by atoms with Gasteiger partial charge >= 0.3 is 0 Å². The largest absolute Gasteiger partial charge is 0.360 e. The standard InChI is InChI=1S/C7H10INO/c1-7(2,3)5-4-6(8)9-10-5/h4H,1-3H3. The van der Waals surface area contributed by atoms with E-state index in [0.717, 1.165) is 9.46 Å². The molecule has 0 atom stereocenters. The Hall–Kier alpha value is -0.0600. The van der Waals surface area contributed by atoms with Crippen molar-refractivity contribution in [3.05, 3.63) is 15.5 Å². The fraction of sp³-hybridized carbons (Fsp3) is 0.571. The van der Waals surface area contributed by atoms with Crippen molar-refractivity contribution in [3.63, 3.8) is 0 Å². The Morgan fingerprint density at radius 1 is 1.50 bits per heavy atom. The smallest absolute Gasteiger partial charge is 0.144 e. The lowest BCUT2D eigenvalue weighted by Crippen LogP contribution is -2.09. The Kier molecular flexibility index (Phi) is 2.03. The number of aromatic nitrogens is 1. The van der Waals surface area contributed by atoms with Gasteiger partial charge in [0, 0.05) is 11.5 Å². The van der Waals surface area contributed by atoms with Crippen LogP contribution in [-0.4, -0.2) is 5.16 Å². The molecule has 0 saturated carbocycles. The summed E-state index contributed by atoms with van der Waals surface area (Å²) < 4.78 is 5.99. The summed E-state index contributed by atoms with van der Waals surface area (Å²) in [7, 11) is 0. The van der Waals surface area contributed by atoms with Crippen molar-refractivity contribution >= 4 is 22.6 Å². The minimum absolute atomic E-state index is 0.0798. The molecule has 10 heavy (non-hydrogen) atoms. The first-order valence-electron chi connectivity index (χ1n) is 3.13. The van der Waals surface area contributed by atoms with E-state index < -0.39 is 0 Å². The van der Waals surface area contributed by atoms with Gasteiger partial charge in [0.15, 0.2) is 0 Å². The summed E-state index contributed by atoms with van der Waals surface area (Å²) in [6.07, 6.45) is 0. The normalized spacial score (nSPS) is 12.0. The molecule has 0 aromatic carbocycles. The lowest BCUT2D eigenvalue weighted by atomic mass is 9.94. The minimum atomic E-state index is 0.0798. The van der Waals surface area contributed by atoms with Crippen LogP contribution in [0.3, 0.4) is 0 Å². The third kappa shape index (κ3) is 1.71. The van der Waals surface area contributed by atoms with E-state index in [2.05, 4.69) is 48.5 Å². The van der Waals surface area contributed by atoms with Gasteiger partial charge in [-0.05, 0) is 22.6 Å². The Morgan fingerprint density at radius 3 is 2.30 bits per heavy atom. The SMILES string of the molecule is CC(C)(C)c1cc(I)no1. The second-order valence-electron chi connectivity index (χ2n) is 3.26. The third-order valence-corrected chi connectivity index (χ3v) is 1.73. The van der Waals surface area contributed by atoms with E-state index in [1.807, 2.05) is 6.07 Å². The van der Waals surface area contributed by atoms with E-state index in [9.17, 15) is 0 Å². The molecule has 1 aromatic rings. The molecular weight excluding hydrogens is 241 g/mol. The van der Waals surface area contributed by atoms with E-state index in [-0.39, 0.29) is 5.41 Å². The molecule has 0 amide bonds. The molecule has 0 aliphatic heterocycles. The number of nitrogens with zero attached hydrogens (tertiary/aromatic N) is 1. The maximum atomic E-state index is 5.07. The van der Waals surface area contributed by atoms with Gasteiger partial charge in [0.2, 0.25) is 0 Å². The maximum Gasteiger partial charge on any atom is 0.144 e. The lowest BCUT2D eigenvalue weighted by Gasteiger charge is -2.11. The van der Waals surface area contributed by atoms with Gasteiger partial charge in [0.25, 0.3) is 0 Å². The van der Waals surface area contributed by atoms with Crippen molar-refractivity contribution in [2.75, 3.05) is 0 Å². The van der Waals surface area contributed by atoms with Gasteiger partial charge in [-0.25, -0.2) is 0 Å². The highest BCUT2D eigenvalue weighted by molar-refractivity contribution is 14.1. The van der Waals surface area contributed by atoms with Gasteiger partial charge in [-0.15, -0.1) is 0 Å². The van der Waals surface area contributed by atoms with Crippen LogP contribution >= 0.6 is 22.6 Å². The highest BCUT2D eigenvalue weighted by Crippen LogP contribution is 2.22. The van der Waals surface area contributed by atoms with Crippen molar-refractivity contribution in [2.45, 2.75) is 26.2 Å². The first kappa shape index (κ1) is 8.04. The van der Waals surface area contributed by atoms with Crippen LogP contribution in [0, 0.1) is 3.70 Å². The van der Waals surface area contributed by atoms with Crippen LogP contribution in [0.1, 0.15) is 26.5 Å². The number of rotatable bonds is 0.